The lowest BCUT2D eigenvalue weighted by Gasteiger charge is -2.34. The van der Waals surface area contributed by atoms with E-state index in [2.05, 4.69) is 24.1 Å². The van der Waals surface area contributed by atoms with Crippen LogP contribution in [-0.4, -0.2) is 37.0 Å². The summed E-state index contributed by atoms with van der Waals surface area (Å²) in [5, 5.41) is 2.95. The molecule has 0 spiro atoms. The SMILES string of the molecule is CC1CC(C)CN(CCCNC(=O)Cc2ccc(F)cc2)C1. The number of likely N-dealkylation sites (tertiary alicyclic amines) is 1. The molecule has 2 atom stereocenters. The van der Waals surface area contributed by atoms with E-state index in [0.717, 1.165) is 30.4 Å². The van der Waals surface area contributed by atoms with Crippen LogP contribution in [0.5, 0.6) is 0 Å². The number of carbonyl (C=O) groups excluding carboxylic acids is 1. The molecule has 1 heterocycles. The van der Waals surface area contributed by atoms with Gasteiger partial charge in [-0.2, -0.15) is 0 Å². The molecule has 1 N–H and O–H groups in total. The smallest absolute Gasteiger partial charge is 0.224 e. The zero-order chi connectivity index (χ0) is 15.9. The van der Waals surface area contributed by atoms with Gasteiger partial charge in [0, 0.05) is 19.6 Å². The minimum atomic E-state index is -0.269. The second-order valence-electron chi connectivity index (χ2n) is 6.71. The van der Waals surface area contributed by atoms with Gasteiger partial charge >= 0.3 is 0 Å². The van der Waals surface area contributed by atoms with E-state index in [1.807, 2.05) is 0 Å². The van der Waals surface area contributed by atoms with Gasteiger partial charge in [-0.3, -0.25) is 4.79 Å². The topological polar surface area (TPSA) is 32.3 Å². The second-order valence-corrected chi connectivity index (χ2v) is 6.71. The number of benzene rings is 1. The molecule has 1 aliphatic rings. The molecule has 2 unspecified atom stereocenters. The summed E-state index contributed by atoms with van der Waals surface area (Å²) >= 11 is 0. The minimum Gasteiger partial charge on any atom is -0.356 e. The third-order valence-corrected chi connectivity index (χ3v) is 4.20. The van der Waals surface area contributed by atoms with Crippen molar-refractivity contribution in [3.63, 3.8) is 0 Å². The molecular formula is C18H27FN2O. The van der Waals surface area contributed by atoms with E-state index in [1.54, 1.807) is 12.1 Å². The van der Waals surface area contributed by atoms with Crippen molar-refractivity contribution in [3.8, 4) is 0 Å². The Morgan fingerprint density at radius 1 is 1.23 bits per heavy atom. The lowest BCUT2D eigenvalue weighted by molar-refractivity contribution is -0.120. The van der Waals surface area contributed by atoms with E-state index in [-0.39, 0.29) is 11.7 Å². The van der Waals surface area contributed by atoms with Gasteiger partial charge in [-0.1, -0.05) is 26.0 Å². The fourth-order valence-corrected chi connectivity index (χ4v) is 3.36. The van der Waals surface area contributed by atoms with E-state index < -0.39 is 0 Å². The Balaban J connectivity index is 1.62. The van der Waals surface area contributed by atoms with Gasteiger partial charge in [0.25, 0.3) is 0 Å². The summed E-state index contributed by atoms with van der Waals surface area (Å²) in [5.74, 6) is 1.29. The van der Waals surface area contributed by atoms with Crippen molar-refractivity contribution in [1.29, 1.82) is 0 Å². The van der Waals surface area contributed by atoms with Crippen molar-refractivity contribution in [3.05, 3.63) is 35.6 Å². The molecule has 0 radical (unpaired) electrons. The van der Waals surface area contributed by atoms with Gasteiger partial charge in [0.1, 0.15) is 5.82 Å². The quantitative estimate of drug-likeness (QED) is 0.820. The zero-order valence-electron chi connectivity index (χ0n) is 13.6. The third kappa shape index (κ3) is 5.76. The number of nitrogens with one attached hydrogen (secondary N) is 1. The van der Waals surface area contributed by atoms with Gasteiger partial charge in [-0.15, -0.1) is 0 Å². The molecule has 0 aromatic heterocycles. The Bertz CT molecular complexity index is 464. The molecule has 1 amide bonds. The van der Waals surface area contributed by atoms with Crippen LogP contribution in [0.2, 0.25) is 0 Å². The van der Waals surface area contributed by atoms with Crippen molar-refractivity contribution in [2.45, 2.75) is 33.1 Å². The van der Waals surface area contributed by atoms with Crippen molar-refractivity contribution < 1.29 is 9.18 Å². The van der Waals surface area contributed by atoms with Crippen LogP contribution >= 0.6 is 0 Å². The maximum absolute atomic E-state index is 12.8. The summed E-state index contributed by atoms with van der Waals surface area (Å²) < 4.78 is 12.8. The first-order valence-corrected chi connectivity index (χ1v) is 8.26. The largest absolute Gasteiger partial charge is 0.356 e. The summed E-state index contributed by atoms with van der Waals surface area (Å²) in [6.45, 7) is 8.73. The lowest BCUT2D eigenvalue weighted by Crippen LogP contribution is -2.40. The summed E-state index contributed by atoms with van der Waals surface area (Å²) in [6, 6.07) is 6.10. The molecule has 1 aromatic carbocycles. The van der Waals surface area contributed by atoms with Crippen LogP contribution < -0.4 is 5.32 Å². The molecule has 0 saturated carbocycles. The molecular weight excluding hydrogens is 279 g/mol. The highest BCUT2D eigenvalue weighted by atomic mass is 19.1. The van der Waals surface area contributed by atoms with Crippen LogP contribution in [0.15, 0.2) is 24.3 Å². The van der Waals surface area contributed by atoms with Crippen LogP contribution in [0.4, 0.5) is 4.39 Å². The van der Waals surface area contributed by atoms with Crippen LogP contribution in [0, 0.1) is 17.7 Å². The highest BCUT2D eigenvalue weighted by Crippen LogP contribution is 2.20. The fraction of sp³-hybridized carbons (Fsp3) is 0.611. The normalized spacial score (nSPS) is 22.5. The number of nitrogens with zero attached hydrogens (tertiary/aromatic N) is 1. The highest BCUT2D eigenvalue weighted by Gasteiger charge is 2.20. The molecule has 0 aliphatic carbocycles. The Labute approximate surface area is 132 Å². The molecule has 22 heavy (non-hydrogen) atoms. The van der Waals surface area contributed by atoms with E-state index in [4.69, 9.17) is 0 Å². The van der Waals surface area contributed by atoms with Gasteiger partial charge in [0.05, 0.1) is 6.42 Å². The first-order valence-electron chi connectivity index (χ1n) is 8.26. The standard InChI is InChI=1S/C18H27FN2O/c1-14-10-15(2)13-21(12-14)9-3-8-20-18(22)11-16-4-6-17(19)7-5-16/h4-7,14-15H,3,8-13H2,1-2H3,(H,20,22). The summed E-state index contributed by atoms with van der Waals surface area (Å²) in [5.41, 5.74) is 0.845. The number of carbonyl (C=O) groups is 1. The fourth-order valence-electron chi connectivity index (χ4n) is 3.36. The number of amides is 1. The van der Waals surface area contributed by atoms with Crippen LogP contribution in [0.3, 0.4) is 0 Å². The Morgan fingerprint density at radius 2 is 1.86 bits per heavy atom. The Morgan fingerprint density at radius 3 is 2.50 bits per heavy atom. The third-order valence-electron chi connectivity index (χ3n) is 4.20. The first-order chi connectivity index (χ1) is 10.5. The molecule has 4 heteroatoms. The molecule has 1 aromatic rings. The van der Waals surface area contributed by atoms with Crippen LogP contribution in [-0.2, 0) is 11.2 Å². The van der Waals surface area contributed by atoms with Crippen molar-refractivity contribution in [2.75, 3.05) is 26.2 Å². The first kappa shape index (κ1) is 16.9. The lowest BCUT2D eigenvalue weighted by atomic mass is 9.92. The Kier molecular flexibility index (Phi) is 6.37. The average Bonchev–Trinajstić information content (AvgIpc) is 2.45. The maximum atomic E-state index is 12.8. The van der Waals surface area contributed by atoms with Crippen molar-refractivity contribution in [1.82, 2.24) is 10.2 Å². The number of halogens is 1. The zero-order valence-corrected chi connectivity index (χ0v) is 13.6. The Hall–Kier alpha value is -1.42. The molecule has 2 rings (SSSR count). The maximum Gasteiger partial charge on any atom is 0.224 e. The van der Waals surface area contributed by atoms with Gasteiger partial charge < -0.3 is 10.2 Å². The molecule has 1 saturated heterocycles. The van der Waals surface area contributed by atoms with E-state index in [9.17, 15) is 9.18 Å². The summed E-state index contributed by atoms with van der Waals surface area (Å²) in [6.07, 6.45) is 2.62. The van der Waals surface area contributed by atoms with Crippen molar-refractivity contribution in [2.24, 2.45) is 11.8 Å². The number of rotatable bonds is 6. The monoisotopic (exact) mass is 306 g/mol. The predicted octanol–water partition coefficient (Wildman–Crippen LogP) is 2.85. The molecule has 3 nitrogen and oxygen atoms in total. The number of hydrogen-bond donors (Lipinski definition) is 1. The summed E-state index contributed by atoms with van der Waals surface area (Å²) in [7, 11) is 0. The van der Waals surface area contributed by atoms with E-state index >= 15 is 0 Å². The predicted molar refractivity (Wildman–Crippen MR) is 87.1 cm³/mol. The van der Waals surface area contributed by atoms with Crippen LogP contribution in [0.1, 0.15) is 32.3 Å². The molecule has 0 bridgehead atoms. The van der Waals surface area contributed by atoms with E-state index in [0.29, 0.717) is 13.0 Å². The molecule has 1 fully saturated rings. The van der Waals surface area contributed by atoms with Crippen molar-refractivity contribution >= 4 is 5.91 Å². The molecule has 1 aliphatic heterocycles. The highest BCUT2D eigenvalue weighted by molar-refractivity contribution is 5.78. The van der Waals surface area contributed by atoms with Gasteiger partial charge in [0.2, 0.25) is 5.91 Å². The van der Waals surface area contributed by atoms with Gasteiger partial charge in [-0.05, 0) is 48.9 Å². The number of hydrogen-bond acceptors (Lipinski definition) is 2. The van der Waals surface area contributed by atoms with E-state index in [1.165, 1.54) is 31.6 Å². The second kappa shape index (κ2) is 8.28. The minimum absolute atomic E-state index is 0.00647. The number of piperidine rings is 1. The van der Waals surface area contributed by atoms with Crippen LogP contribution in [0.25, 0.3) is 0 Å². The summed E-state index contributed by atoms with van der Waals surface area (Å²) in [4.78, 5) is 14.3. The van der Waals surface area contributed by atoms with Gasteiger partial charge in [-0.25, -0.2) is 4.39 Å². The molecule has 122 valence electrons. The van der Waals surface area contributed by atoms with Gasteiger partial charge in [0.15, 0.2) is 0 Å². The average molecular weight is 306 g/mol.